The van der Waals surface area contributed by atoms with Crippen LogP contribution in [-0.2, 0) is 19.1 Å². The Labute approximate surface area is 161 Å². The number of allylic oxidation sites excluding steroid dienone is 2. The second-order valence-corrected chi connectivity index (χ2v) is 7.40. The van der Waals surface area contributed by atoms with Gasteiger partial charge in [-0.25, -0.2) is 0 Å². The molecule has 0 saturated carbocycles. The van der Waals surface area contributed by atoms with E-state index in [0.717, 1.165) is 0 Å². The quantitative estimate of drug-likeness (QED) is 0.626. The predicted molar refractivity (Wildman–Crippen MR) is 97.9 cm³/mol. The van der Waals surface area contributed by atoms with E-state index in [9.17, 15) is 14.4 Å². The number of carbonyl (C=O) groups is 3. The Morgan fingerprint density at radius 3 is 2.69 bits per heavy atom. The Morgan fingerprint density at radius 1 is 1.27 bits per heavy atom. The molecule has 138 valence electrons. The number of halogens is 2. The highest BCUT2D eigenvalue weighted by Crippen LogP contribution is 2.44. The van der Waals surface area contributed by atoms with Gasteiger partial charge in [0.15, 0.2) is 5.78 Å². The third-order valence-corrected chi connectivity index (χ3v) is 5.73. The van der Waals surface area contributed by atoms with Crippen molar-refractivity contribution in [3.05, 3.63) is 45.1 Å². The SMILES string of the molecule is CCOC(=O)C1C(=O)C2=C(CC1C)NC(=O)CC2c1cccc(Cl)c1Cl. The lowest BCUT2D eigenvalue weighted by molar-refractivity contribution is -0.153. The first-order valence-electron chi connectivity index (χ1n) is 8.52. The average molecular weight is 396 g/mol. The van der Waals surface area contributed by atoms with E-state index < -0.39 is 17.8 Å². The van der Waals surface area contributed by atoms with Gasteiger partial charge in [0.2, 0.25) is 5.91 Å². The number of ether oxygens (including phenoxy) is 1. The number of hydrogen-bond donors (Lipinski definition) is 1. The second-order valence-electron chi connectivity index (χ2n) is 6.62. The number of esters is 1. The van der Waals surface area contributed by atoms with Crippen LogP contribution in [0.3, 0.4) is 0 Å². The summed E-state index contributed by atoms with van der Waals surface area (Å²) in [6.45, 7) is 3.73. The molecule has 1 aromatic rings. The fourth-order valence-electron chi connectivity index (χ4n) is 3.76. The van der Waals surface area contributed by atoms with Gasteiger partial charge in [-0.3, -0.25) is 14.4 Å². The molecule has 1 aliphatic carbocycles. The summed E-state index contributed by atoms with van der Waals surface area (Å²) in [7, 11) is 0. The van der Waals surface area contributed by atoms with Crippen LogP contribution in [0.4, 0.5) is 0 Å². The maximum atomic E-state index is 13.2. The van der Waals surface area contributed by atoms with Crippen molar-refractivity contribution in [2.24, 2.45) is 11.8 Å². The zero-order valence-electron chi connectivity index (χ0n) is 14.5. The number of Topliss-reactive ketones (excluding diaryl/α,β-unsaturated/α-hetero) is 1. The molecule has 1 amide bonds. The van der Waals surface area contributed by atoms with Crippen molar-refractivity contribution in [1.82, 2.24) is 5.32 Å². The van der Waals surface area contributed by atoms with Crippen molar-refractivity contribution in [2.45, 2.75) is 32.6 Å². The maximum absolute atomic E-state index is 13.2. The van der Waals surface area contributed by atoms with Crippen molar-refractivity contribution < 1.29 is 19.1 Å². The largest absolute Gasteiger partial charge is 0.465 e. The standard InChI is InChI=1S/C19H19Cl2NO4/c1-3-26-19(25)15-9(2)7-13-16(18(15)24)11(8-14(23)22-13)10-5-4-6-12(20)17(10)21/h4-6,9,11,15H,3,7-8H2,1-2H3,(H,22,23). The van der Waals surface area contributed by atoms with Crippen molar-refractivity contribution in [1.29, 1.82) is 0 Å². The molecule has 1 aromatic carbocycles. The van der Waals surface area contributed by atoms with Crippen LogP contribution in [0, 0.1) is 11.8 Å². The third-order valence-electron chi connectivity index (χ3n) is 4.89. The minimum absolute atomic E-state index is 0.0779. The molecule has 26 heavy (non-hydrogen) atoms. The highest BCUT2D eigenvalue weighted by Gasteiger charge is 2.46. The van der Waals surface area contributed by atoms with Gasteiger partial charge in [0.1, 0.15) is 5.92 Å². The second kappa shape index (κ2) is 7.41. The molecule has 0 spiro atoms. The molecule has 0 saturated heterocycles. The van der Waals surface area contributed by atoms with E-state index in [2.05, 4.69) is 5.32 Å². The summed E-state index contributed by atoms with van der Waals surface area (Å²) in [4.78, 5) is 37.7. The van der Waals surface area contributed by atoms with Gasteiger partial charge in [0, 0.05) is 23.6 Å². The van der Waals surface area contributed by atoms with Crippen LogP contribution in [0.1, 0.15) is 38.2 Å². The van der Waals surface area contributed by atoms with E-state index in [0.29, 0.717) is 33.3 Å². The van der Waals surface area contributed by atoms with Crippen LogP contribution in [0.15, 0.2) is 29.5 Å². The summed E-state index contributed by atoms with van der Waals surface area (Å²) in [6, 6.07) is 5.14. The molecule has 2 aliphatic rings. The Kier molecular flexibility index (Phi) is 5.39. The van der Waals surface area contributed by atoms with Crippen LogP contribution in [0.25, 0.3) is 0 Å². The van der Waals surface area contributed by atoms with Crippen molar-refractivity contribution in [3.63, 3.8) is 0 Å². The van der Waals surface area contributed by atoms with Crippen LogP contribution < -0.4 is 5.32 Å². The molecular formula is C19H19Cl2NO4. The first kappa shape index (κ1) is 18.9. The number of ketones is 1. The minimum Gasteiger partial charge on any atom is -0.465 e. The van der Waals surface area contributed by atoms with Gasteiger partial charge in [-0.05, 0) is 30.9 Å². The first-order chi connectivity index (χ1) is 12.3. The Bertz CT molecular complexity index is 818. The molecule has 0 radical (unpaired) electrons. The molecule has 7 heteroatoms. The molecule has 3 unspecified atom stereocenters. The number of nitrogens with one attached hydrogen (secondary N) is 1. The summed E-state index contributed by atoms with van der Waals surface area (Å²) >= 11 is 12.5. The highest BCUT2D eigenvalue weighted by molar-refractivity contribution is 6.42. The molecule has 1 heterocycles. The van der Waals surface area contributed by atoms with E-state index in [-0.39, 0.29) is 30.6 Å². The van der Waals surface area contributed by atoms with Gasteiger partial charge in [-0.15, -0.1) is 0 Å². The Hall–Kier alpha value is -1.85. The number of amides is 1. The zero-order chi connectivity index (χ0) is 19.0. The summed E-state index contributed by atoms with van der Waals surface area (Å²) < 4.78 is 5.09. The average Bonchev–Trinajstić information content (AvgIpc) is 2.56. The molecule has 1 N–H and O–H groups in total. The minimum atomic E-state index is -0.871. The van der Waals surface area contributed by atoms with E-state index in [1.54, 1.807) is 25.1 Å². The number of hydrogen-bond acceptors (Lipinski definition) is 4. The van der Waals surface area contributed by atoms with Gasteiger partial charge in [-0.1, -0.05) is 42.3 Å². The van der Waals surface area contributed by atoms with E-state index in [1.165, 1.54) is 0 Å². The molecule has 5 nitrogen and oxygen atoms in total. The van der Waals surface area contributed by atoms with E-state index in [1.807, 2.05) is 6.92 Å². The molecule has 0 fully saturated rings. The highest BCUT2D eigenvalue weighted by atomic mass is 35.5. The molecule has 0 bridgehead atoms. The van der Waals surface area contributed by atoms with Gasteiger partial charge >= 0.3 is 5.97 Å². The van der Waals surface area contributed by atoms with Crippen LogP contribution >= 0.6 is 23.2 Å². The topological polar surface area (TPSA) is 72.5 Å². The zero-order valence-corrected chi connectivity index (χ0v) is 16.0. The smallest absolute Gasteiger partial charge is 0.317 e. The van der Waals surface area contributed by atoms with Crippen molar-refractivity contribution >= 4 is 40.9 Å². The summed E-state index contributed by atoms with van der Waals surface area (Å²) in [6.07, 6.45) is 0.500. The van der Waals surface area contributed by atoms with Crippen LogP contribution in [0.5, 0.6) is 0 Å². The molecule has 1 aliphatic heterocycles. The Balaban J connectivity index is 2.08. The lowest BCUT2D eigenvalue weighted by atomic mass is 9.70. The molecule has 3 atom stereocenters. The molecule has 3 rings (SSSR count). The van der Waals surface area contributed by atoms with Gasteiger partial charge in [-0.2, -0.15) is 0 Å². The summed E-state index contributed by atoms with van der Waals surface area (Å²) in [5.41, 5.74) is 1.62. The monoisotopic (exact) mass is 395 g/mol. The maximum Gasteiger partial charge on any atom is 0.317 e. The summed E-state index contributed by atoms with van der Waals surface area (Å²) in [5.74, 6) is -2.66. The lowest BCUT2D eigenvalue weighted by Crippen LogP contribution is -2.44. The molecular weight excluding hydrogens is 377 g/mol. The third kappa shape index (κ3) is 3.26. The first-order valence-corrected chi connectivity index (χ1v) is 9.28. The molecule has 0 aromatic heterocycles. The number of benzene rings is 1. The van der Waals surface area contributed by atoms with Crippen molar-refractivity contribution in [3.8, 4) is 0 Å². The van der Waals surface area contributed by atoms with Gasteiger partial charge in [0.05, 0.1) is 16.7 Å². The van der Waals surface area contributed by atoms with Crippen molar-refractivity contribution in [2.75, 3.05) is 6.61 Å². The normalized spacial score (nSPS) is 25.6. The number of rotatable bonds is 3. The predicted octanol–water partition coefficient (Wildman–Crippen LogP) is 3.64. The van der Waals surface area contributed by atoms with E-state index >= 15 is 0 Å². The van der Waals surface area contributed by atoms with Crippen LogP contribution in [0.2, 0.25) is 10.0 Å². The lowest BCUT2D eigenvalue weighted by Gasteiger charge is -2.36. The Morgan fingerprint density at radius 2 is 2.00 bits per heavy atom. The van der Waals surface area contributed by atoms with Crippen LogP contribution in [-0.4, -0.2) is 24.3 Å². The fourth-order valence-corrected chi connectivity index (χ4v) is 4.20. The fraction of sp³-hybridized carbons (Fsp3) is 0.421. The van der Waals surface area contributed by atoms with Gasteiger partial charge < -0.3 is 10.1 Å². The number of carbonyl (C=O) groups excluding carboxylic acids is 3. The van der Waals surface area contributed by atoms with Gasteiger partial charge in [0.25, 0.3) is 0 Å². The van der Waals surface area contributed by atoms with E-state index in [4.69, 9.17) is 27.9 Å². The summed E-state index contributed by atoms with van der Waals surface area (Å²) in [5, 5.41) is 3.47.